The molecule has 4 bridgehead atoms. The van der Waals surface area contributed by atoms with Gasteiger partial charge in [-0.25, -0.2) is 0 Å². The maximum atomic E-state index is 13.4. The maximum Gasteiger partial charge on any atom is 0.315 e. The van der Waals surface area contributed by atoms with Gasteiger partial charge in [0.2, 0.25) is 0 Å². The summed E-state index contributed by atoms with van der Waals surface area (Å²) in [5.74, 6) is -2.32. The second-order valence-electron chi connectivity index (χ2n) is 10.2. The van der Waals surface area contributed by atoms with E-state index < -0.39 is 64.1 Å². The zero-order valence-corrected chi connectivity index (χ0v) is 16.4. The number of hydrogen-bond acceptors (Lipinski definition) is 7. The van der Waals surface area contributed by atoms with Gasteiger partial charge in [0.25, 0.3) is 0 Å². The number of aliphatic hydroxyl groups excluding tert-OH is 1. The summed E-state index contributed by atoms with van der Waals surface area (Å²) in [6.07, 6.45) is 1.50. The van der Waals surface area contributed by atoms with E-state index in [0.29, 0.717) is 25.7 Å². The van der Waals surface area contributed by atoms with Crippen molar-refractivity contribution in [1.29, 1.82) is 0 Å². The summed E-state index contributed by atoms with van der Waals surface area (Å²) in [4.78, 5) is 26.5. The van der Waals surface area contributed by atoms with Crippen LogP contribution in [0.15, 0.2) is 24.8 Å². The van der Waals surface area contributed by atoms with Gasteiger partial charge < -0.3 is 24.4 Å². The Kier molecular flexibility index (Phi) is 3.09. The monoisotopic (exact) mass is 402 g/mol. The van der Waals surface area contributed by atoms with Crippen LogP contribution in [0, 0.1) is 28.6 Å². The molecule has 4 aliphatic carbocycles. The Morgan fingerprint density at radius 1 is 1.45 bits per heavy atom. The minimum atomic E-state index is -1.19. The molecule has 29 heavy (non-hydrogen) atoms. The first-order chi connectivity index (χ1) is 13.7. The lowest BCUT2D eigenvalue weighted by Gasteiger charge is -2.46. The Labute approximate surface area is 168 Å². The molecule has 1 spiro atoms. The number of carbonyl (C=O) groups excluding carboxylic acids is 2. The molecular formula is C22H26O7. The van der Waals surface area contributed by atoms with Gasteiger partial charge >= 0.3 is 11.9 Å². The fraction of sp³-hybridized carbons (Fsp3) is 0.727. The standard InChI is InChI=1S/C22H26O7/c1-4-7-27-17(24)12-14-19(3)16-13(28-16)15(23)22(14,29-18(19)25)11-5-6-21(26)9-20(11,12)8-10(21)2/h4,11-16,23,26H,1-2,5-9H2,3H3/t11-,12-,13+,14-,15+,16+,19-,20+,21+,22-/m1/s1. The molecule has 0 amide bonds. The molecule has 10 atom stereocenters. The Morgan fingerprint density at radius 2 is 2.21 bits per heavy atom. The average Bonchev–Trinajstić information content (AvgIpc) is 3.36. The average molecular weight is 402 g/mol. The second kappa shape index (κ2) is 4.95. The van der Waals surface area contributed by atoms with E-state index >= 15 is 0 Å². The molecule has 0 aromatic heterocycles. The lowest BCUT2D eigenvalue weighted by atomic mass is 9.59. The van der Waals surface area contributed by atoms with Gasteiger partial charge in [-0.1, -0.05) is 19.2 Å². The Morgan fingerprint density at radius 3 is 2.93 bits per heavy atom. The van der Waals surface area contributed by atoms with Crippen LogP contribution in [0.3, 0.4) is 0 Å². The first-order valence-electron chi connectivity index (χ1n) is 10.4. The summed E-state index contributed by atoms with van der Waals surface area (Å²) in [7, 11) is 0. The molecule has 2 N–H and O–H groups in total. The summed E-state index contributed by atoms with van der Waals surface area (Å²) in [5.41, 5.74) is -3.15. The van der Waals surface area contributed by atoms with Gasteiger partial charge in [0.1, 0.15) is 35.9 Å². The van der Waals surface area contributed by atoms with Gasteiger partial charge in [-0.3, -0.25) is 9.59 Å². The Balaban J connectivity index is 1.58. The molecule has 0 aromatic rings. The summed E-state index contributed by atoms with van der Waals surface area (Å²) < 4.78 is 17.3. The third-order valence-electron chi connectivity index (χ3n) is 9.19. The number of rotatable bonds is 3. The van der Waals surface area contributed by atoms with Crippen molar-refractivity contribution in [3.63, 3.8) is 0 Å². The van der Waals surface area contributed by atoms with Crippen LogP contribution in [0.25, 0.3) is 0 Å². The summed E-state index contributed by atoms with van der Waals surface area (Å²) in [6, 6.07) is 0. The molecular weight excluding hydrogens is 376 g/mol. The van der Waals surface area contributed by atoms with E-state index in [9.17, 15) is 19.8 Å². The molecule has 2 saturated heterocycles. The Bertz CT molecular complexity index is 882. The molecule has 156 valence electrons. The van der Waals surface area contributed by atoms with E-state index in [0.717, 1.165) is 5.57 Å². The minimum Gasteiger partial charge on any atom is -0.461 e. The number of ether oxygens (including phenoxy) is 3. The molecule has 4 saturated carbocycles. The third-order valence-corrected chi connectivity index (χ3v) is 9.19. The molecule has 6 rings (SSSR count). The van der Waals surface area contributed by atoms with Gasteiger partial charge in [-0.2, -0.15) is 0 Å². The maximum absolute atomic E-state index is 13.4. The van der Waals surface area contributed by atoms with Crippen LogP contribution in [-0.4, -0.2) is 58.3 Å². The van der Waals surface area contributed by atoms with Crippen LogP contribution in [0.5, 0.6) is 0 Å². The smallest absolute Gasteiger partial charge is 0.315 e. The number of fused-ring (bicyclic) bond motifs is 3. The topological polar surface area (TPSA) is 106 Å². The van der Waals surface area contributed by atoms with Crippen LogP contribution in [-0.2, 0) is 23.8 Å². The number of aliphatic hydroxyl groups is 2. The van der Waals surface area contributed by atoms with Gasteiger partial charge in [0, 0.05) is 11.8 Å². The van der Waals surface area contributed by atoms with Gasteiger partial charge in [-0.05, 0) is 43.6 Å². The van der Waals surface area contributed by atoms with Gasteiger partial charge in [-0.15, -0.1) is 0 Å². The van der Waals surface area contributed by atoms with Crippen molar-refractivity contribution in [3.05, 3.63) is 24.8 Å². The van der Waals surface area contributed by atoms with Crippen molar-refractivity contribution in [3.8, 4) is 0 Å². The molecule has 2 aliphatic heterocycles. The van der Waals surface area contributed by atoms with Gasteiger partial charge in [0.05, 0.1) is 11.5 Å². The summed E-state index contributed by atoms with van der Waals surface area (Å²) in [6.45, 7) is 9.61. The van der Waals surface area contributed by atoms with E-state index in [1.807, 2.05) is 0 Å². The highest BCUT2D eigenvalue weighted by Gasteiger charge is 2.90. The summed E-state index contributed by atoms with van der Waals surface area (Å²) >= 11 is 0. The fourth-order valence-corrected chi connectivity index (χ4v) is 8.19. The quantitative estimate of drug-likeness (QED) is 0.410. The van der Waals surface area contributed by atoms with E-state index in [2.05, 4.69) is 13.2 Å². The zero-order chi connectivity index (χ0) is 20.6. The molecule has 6 aliphatic rings. The first-order valence-corrected chi connectivity index (χ1v) is 10.4. The van der Waals surface area contributed by atoms with Crippen LogP contribution in [0.2, 0.25) is 0 Å². The van der Waals surface area contributed by atoms with Crippen LogP contribution in [0.1, 0.15) is 32.6 Å². The molecule has 0 unspecified atom stereocenters. The first kappa shape index (κ1) is 18.1. The highest BCUT2D eigenvalue weighted by Crippen LogP contribution is 2.80. The largest absolute Gasteiger partial charge is 0.461 e. The molecule has 0 radical (unpaired) electrons. The highest BCUT2D eigenvalue weighted by molar-refractivity contribution is 5.87. The number of hydrogen-bond donors (Lipinski definition) is 2. The number of esters is 2. The lowest BCUT2D eigenvalue weighted by molar-refractivity contribution is -0.180. The van der Waals surface area contributed by atoms with Crippen LogP contribution < -0.4 is 0 Å². The van der Waals surface area contributed by atoms with Crippen LogP contribution in [0.4, 0.5) is 0 Å². The third kappa shape index (κ3) is 1.67. The van der Waals surface area contributed by atoms with Crippen molar-refractivity contribution in [2.24, 2.45) is 28.6 Å². The molecule has 7 nitrogen and oxygen atoms in total. The molecule has 7 heteroatoms. The van der Waals surface area contributed by atoms with Crippen molar-refractivity contribution in [2.75, 3.05) is 6.61 Å². The normalized spacial score (nSPS) is 58.2. The SMILES string of the molecule is C=CCOC(=O)[C@H]1[C@@H]2[C@@]3(C)C(=O)O[C@@]2([C@@H]2CC[C@]4(O)C[C@@]21CC4=C)[C@@H](O)[C@@H]1O[C@@H]13. The number of epoxide rings is 1. The van der Waals surface area contributed by atoms with E-state index in [4.69, 9.17) is 14.2 Å². The predicted molar refractivity (Wildman–Crippen MR) is 98.2 cm³/mol. The van der Waals surface area contributed by atoms with Crippen molar-refractivity contribution in [1.82, 2.24) is 0 Å². The molecule has 2 heterocycles. The van der Waals surface area contributed by atoms with E-state index in [1.165, 1.54) is 6.08 Å². The van der Waals surface area contributed by atoms with E-state index in [-0.39, 0.29) is 12.5 Å². The highest BCUT2D eigenvalue weighted by atomic mass is 16.6. The number of carbonyl (C=O) groups is 2. The predicted octanol–water partition coefficient (Wildman–Crippen LogP) is 0.883. The molecule has 6 fully saturated rings. The minimum absolute atomic E-state index is 0.0671. The summed E-state index contributed by atoms with van der Waals surface area (Å²) in [5, 5.41) is 22.5. The fourth-order valence-electron chi connectivity index (χ4n) is 8.19. The molecule has 0 aromatic carbocycles. The van der Waals surface area contributed by atoms with Gasteiger partial charge in [0.15, 0.2) is 0 Å². The van der Waals surface area contributed by atoms with E-state index in [1.54, 1.807) is 6.92 Å². The van der Waals surface area contributed by atoms with Crippen molar-refractivity contribution < 1.29 is 34.0 Å². The Hall–Kier alpha value is -1.70. The second-order valence-corrected chi connectivity index (χ2v) is 10.2. The zero-order valence-electron chi connectivity index (χ0n) is 16.4. The van der Waals surface area contributed by atoms with Crippen molar-refractivity contribution in [2.45, 2.75) is 62.1 Å². The van der Waals surface area contributed by atoms with Crippen molar-refractivity contribution >= 4 is 11.9 Å². The lowest BCUT2D eigenvalue weighted by Crippen LogP contribution is -2.59. The van der Waals surface area contributed by atoms with Crippen LogP contribution >= 0.6 is 0 Å².